The Balaban J connectivity index is 2.32. The Morgan fingerprint density at radius 2 is 2.09 bits per heavy atom. The summed E-state index contributed by atoms with van der Waals surface area (Å²) in [6.07, 6.45) is -4.81. The van der Waals surface area contributed by atoms with Crippen LogP contribution in [0.15, 0.2) is 24.5 Å². The molecule has 0 spiro atoms. The first-order valence-corrected chi connectivity index (χ1v) is 6.61. The molecule has 5 nitrogen and oxygen atoms in total. The second kappa shape index (κ2) is 5.44. The van der Waals surface area contributed by atoms with Crippen LogP contribution in [0.4, 0.5) is 13.2 Å². The minimum absolute atomic E-state index is 0.0213. The standard InChI is InChI=1S/C13H13ClF3N3O2/c1-12(2,11(22)13(15,16)17)19-10(21)7-6-18-20-5-3-4-8(14)9(7)20/h3-6,11,22H,1-2H3,(H,19,21). The molecule has 0 bridgehead atoms. The van der Waals surface area contributed by atoms with Gasteiger partial charge in [-0.05, 0) is 26.0 Å². The quantitative estimate of drug-likeness (QED) is 0.905. The SMILES string of the molecule is CC(C)(NC(=O)c1cnn2cccc(Cl)c12)C(O)C(F)(F)F. The van der Waals surface area contributed by atoms with Crippen molar-refractivity contribution in [2.45, 2.75) is 31.7 Å². The lowest BCUT2D eigenvalue weighted by Crippen LogP contribution is -2.57. The van der Waals surface area contributed by atoms with Gasteiger partial charge in [0.2, 0.25) is 0 Å². The molecule has 0 aliphatic heterocycles. The number of amides is 1. The van der Waals surface area contributed by atoms with Crippen LogP contribution in [0.2, 0.25) is 5.02 Å². The van der Waals surface area contributed by atoms with Crippen LogP contribution < -0.4 is 5.32 Å². The molecule has 2 rings (SSSR count). The Kier molecular flexibility index (Phi) is 4.09. The molecule has 2 aromatic rings. The second-order valence-electron chi connectivity index (χ2n) is 5.33. The van der Waals surface area contributed by atoms with E-state index in [4.69, 9.17) is 11.6 Å². The molecular formula is C13H13ClF3N3O2. The number of aliphatic hydroxyl groups excluding tert-OH is 1. The largest absolute Gasteiger partial charge is 0.416 e. The number of halogens is 4. The van der Waals surface area contributed by atoms with E-state index < -0.39 is 23.7 Å². The van der Waals surface area contributed by atoms with E-state index in [0.29, 0.717) is 0 Å². The molecule has 22 heavy (non-hydrogen) atoms. The number of pyridine rings is 1. The average Bonchev–Trinajstić information content (AvgIpc) is 2.81. The monoisotopic (exact) mass is 335 g/mol. The van der Waals surface area contributed by atoms with Crippen molar-refractivity contribution < 1.29 is 23.1 Å². The van der Waals surface area contributed by atoms with Gasteiger partial charge in [-0.1, -0.05) is 11.6 Å². The van der Waals surface area contributed by atoms with Crippen molar-refractivity contribution in [1.82, 2.24) is 14.9 Å². The van der Waals surface area contributed by atoms with Crippen LogP contribution in [0.25, 0.3) is 5.52 Å². The van der Waals surface area contributed by atoms with E-state index in [2.05, 4.69) is 10.4 Å². The summed E-state index contributed by atoms with van der Waals surface area (Å²) in [4.78, 5) is 12.2. The fourth-order valence-electron chi connectivity index (χ4n) is 2.00. The number of carbonyl (C=O) groups excluding carboxylic acids is 1. The molecule has 0 aliphatic rings. The number of aliphatic hydroxyl groups is 1. The lowest BCUT2D eigenvalue weighted by atomic mass is 9.96. The van der Waals surface area contributed by atoms with E-state index in [9.17, 15) is 23.1 Å². The van der Waals surface area contributed by atoms with Crippen molar-refractivity contribution in [3.63, 3.8) is 0 Å². The van der Waals surface area contributed by atoms with Gasteiger partial charge >= 0.3 is 6.18 Å². The number of nitrogens with zero attached hydrogens (tertiary/aromatic N) is 2. The maximum Gasteiger partial charge on any atom is 0.416 e. The first-order chi connectivity index (χ1) is 10.0. The van der Waals surface area contributed by atoms with Crippen LogP contribution in [-0.2, 0) is 0 Å². The highest BCUT2D eigenvalue weighted by Crippen LogP contribution is 2.28. The normalized spacial score (nSPS) is 14.1. The zero-order valence-electron chi connectivity index (χ0n) is 11.6. The summed E-state index contributed by atoms with van der Waals surface area (Å²) in [5, 5.41) is 15.7. The Hall–Kier alpha value is -1.80. The minimum atomic E-state index is -4.85. The van der Waals surface area contributed by atoms with Gasteiger partial charge in [0.25, 0.3) is 5.91 Å². The average molecular weight is 336 g/mol. The van der Waals surface area contributed by atoms with Gasteiger partial charge in [-0.15, -0.1) is 0 Å². The summed E-state index contributed by atoms with van der Waals surface area (Å²) >= 11 is 5.98. The van der Waals surface area contributed by atoms with E-state index in [0.717, 1.165) is 13.8 Å². The van der Waals surface area contributed by atoms with Crippen LogP contribution in [0, 0.1) is 0 Å². The first-order valence-electron chi connectivity index (χ1n) is 6.23. The van der Waals surface area contributed by atoms with Crippen LogP contribution in [-0.4, -0.2) is 38.4 Å². The zero-order valence-corrected chi connectivity index (χ0v) is 12.4. The smallest absolute Gasteiger partial charge is 0.382 e. The van der Waals surface area contributed by atoms with E-state index in [-0.39, 0.29) is 16.1 Å². The fraction of sp³-hybridized carbons (Fsp3) is 0.385. The third kappa shape index (κ3) is 3.02. The summed E-state index contributed by atoms with van der Waals surface area (Å²) in [7, 11) is 0. The molecule has 2 aromatic heterocycles. The minimum Gasteiger partial charge on any atom is -0.382 e. The third-order valence-corrected chi connectivity index (χ3v) is 3.47. The number of fused-ring (bicyclic) bond motifs is 1. The van der Waals surface area contributed by atoms with Crippen LogP contribution in [0.5, 0.6) is 0 Å². The number of nitrogens with one attached hydrogen (secondary N) is 1. The molecule has 1 atom stereocenters. The van der Waals surface area contributed by atoms with Crippen LogP contribution in [0.1, 0.15) is 24.2 Å². The molecule has 9 heteroatoms. The lowest BCUT2D eigenvalue weighted by molar-refractivity contribution is -0.222. The molecule has 2 heterocycles. The highest BCUT2D eigenvalue weighted by molar-refractivity contribution is 6.34. The highest BCUT2D eigenvalue weighted by atomic mass is 35.5. The topological polar surface area (TPSA) is 66.6 Å². The number of carbonyl (C=O) groups is 1. The predicted molar refractivity (Wildman–Crippen MR) is 73.8 cm³/mol. The third-order valence-electron chi connectivity index (χ3n) is 3.17. The van der Waals surface area contributed by atoms with Gasteiger partial charge in [-0.3, -0.25) is 4.79 Å². The molecular weight excluding hydrogens is 323 g/mol. The molecule has 0 aromatic carbocycles. The summed E-state index contributed by atoms with van der Waals surface area (Å²) in [5.41, 5.74) is -1.61. The van der Waals surface area contributed by atoms with Crippen molar-refractivity contribution in [3.8, 4) is 0 Å². The fourth-order valence-corrected chi connectivity index (χ4v) is 2.27. The Bertz CT molecular complexity index is 712. The molecule has 1 amide bonds. The maximum atomic E-state index is 12.6. The van der Waals surface area contributed by atoms with Gasteiger partial charge in [-0.2, -0.15) is 18.3 Å². The Labute approximate surface area is 128 Å². The summed E-state index contributed by atoms with van der Waals surface area (Å²) in [6, 6.07) is 3.15. The number of hydrogen-bond donors (Lipinski definition) is 2. The van der Waals surface area contributed by atoms with E-state index in [1.807, 2.05) is 0 Å². The lowest BCUT2D eigenvalue weighted by Gasteiger charge is -2.32. The molecule has 1 unspecified atom stereocenters. The zero-order chi connectivity index (χ0) is 16.7. The predicted octanol–water partition coefficient (Wildman–Crippen LogP) is 2.42. The van der Waals surface area contributed by atoms with Gasteiger partial charge in [0.05, 0.1) is 27.8 Å². The van der Waals surface area contributed by atoms with Crippen molar-refractivity contribution in [3.05, 3.63) is 35.1 Å². The maximum absolute atomic E-state index is 12.6. The molecule has 0 saturated heterocycles. The summed E-state index contributed by atoms with van der Waals surface area (Å²) in [5.74, 6) is -0.809. The molecule has 120 valence electrons. The van der Waals surface area contributed by atoms with Crippen molar-refractivity contribution >= 4 is 23.0 Å². The summed E-state index contributed by atoms with van der Waals surface area (Å²) in [6.45, 7) is 2.16. The Morgan fingerprint density at radius 3 is 2.68 bits per heavy atom. The van der Waals surface area contributed by atoms with Gasteiger partial charge in [0, 0.05) is 6.20 Å². The molecule has 0 radical (unpaired) electrons. The van der Waals surface area contributed by atoms with E-state index >= 15 is 0 Å². The van der Waals surface area contributed by atoms with Gasteiger partial charge in [-0.25, -0.2) is 4.52 Å². The number of rotatable bonds is 3. The van der Waals surface area contributed by atoms with Gasteiger partial charge in [0.15, 0.2) is 6.10 Å². The molecule has 0 fully saturated rings. The second-order valence-corrected chi connectivity index (χ2v) is 5.73. The van der Waals surface area contributed by atoms with E-state index in [1.54, 1.807) is 12.3 Å². The molecule has 0 saturated carbocycles. The summed E-state index contributed by atoms with van der Waals surface area (Å²) < 4.78 is 39.2. The van der Waals surface area contributed by atoms with Crippen molar-refractivity contribution in [2.75, 3.05) is 0 Å². The number of alkyl halides is 3. The van der Waals surface area contributed by atoms with Crippen LogP contribution >= 0.6 is 11.6 Å². The van der Waals surface area contributed by atoms with Gasteiger partial charge in [0.1, 0.15) is 0 Å². The number of hydrogen-bond acceptors (Lipinski definition) is 3. The van der Waals surface area contributed by atoms with Crippen LogP contribution in [0.3, 0.4) is 0 Å². The van der Waals surface area contributed by atoms with Gasteiger partial charge < -0.3 is 10.4 Å². The molecule has 2 N–H and O–H groups in total. The van der Waals surface area contributed by atoms with E-state index in [1.165, 1.54) is 16.8 Å². The first kappa shape index (κ1) is 16.6. The van der Waals surface area contributed by atoms with Crippen molar-refractivity contribution in [2.24, 2.45) is 0 Å². The Morgan fingerprint density at radius 1 is 1.45 bits per heavy atom. The van der Waals surface area contributed by atoms with Crippen molar-refractivity contribution in [1.29, 1.82) is 0 Å². The molecule has 0 aliphatic carbocycles. The number of aromatic nitrogens is 2. The highest BCUT2D eigenvalue weighted by Gasteiger charge is 2.48.